The van der Waals surface area contributed by atoms with Crippen LogP contribution in [0, 0.1) is 5.92 Å². The zero-order valence-electron chi connectivity index (χ0n) is 15.7. The number of hydrogen-bond acceptors (Lipinski definition) is 3. The van der Waals surface area contributed by atoms with Crippen molar-refractivity contribution in [1.29, 1.82) is 0 Å². The predicted octanol–water partition coefficient (Wildman–Crippen LogP) is 4.47. The first-order valence-corrected chi connectivity index (χ1v) is 9.96. The van der Waals surface area contributed by atoms with Crippen LogP contribution in [0.3, 0.4) is 0 Å². The summed E-state index contributed by atoms with van der Waals surface area (Å²) in [6.07, 6.45) is 7.68. The summed E-state index contributed by atoms with van der Waals surface area (Å²) in [6.45, 7) is 11.1. The minimum atomic E-state index is 0.846. The lowest BCUT2D eigenvalue weighted by atomic mass is 9.96. The molecule has 0 aromatic heterocycles. The smallest absolute Gasteiger partial charge is 0.119 e. The Labute approximate surface area is 148 Å². The molecule has 0 unspecified atom stereocenters. The second-order valence-electron chi connectivity index (χ2n) is 7.08. The third kappa shape index (κ3) is 7.23. The summed E-state index contributed by atoms with van der Waals surface area (Å²) in [5.41, 5.74) is 1.40. The van der Waals surface area contributed by atoms with Crippen molar-refractivity contribution in [2.24, 2.45) is 5.92 Å². The summed E-state index contributed by atoms with van der Waals surface area (Å²) in [7, 11) is 0. The largest absolute Gasteiger partial charge is 0.494 e. The van der Waals surface area contributed by atoms with E-state index < -0.39 is 0 Å². The van der Waals surface area contributed by atoms with Crippen molar-refractivity contribution >= 4 is 0 Å². The lowest BCUT2D eigenvalue weighted by Gasteiger charge is -2.32. The van der Waals surface area contributed by atoms with Gasteiger partial charge in [-0.25, -0.2) is 0 Å². The Hall–Kier alpha value is -1.06. The Morgan fingerprint density at radius 1 is 1.04 bits per heavy atom. The number of nitrogens with one attached hydrogen (secondary N) is 1. The highest BCUT2D eigenvalue weighted by molar-refractivity contribution is 5.27. The van der Waals surface area contributed by atoms with E-state index in [1.165, 1.54) is 57.3 Å². The second-order valence-corrected chi connectivity index (χ2v) is 7.08. The molecule has 0 saturated carbocycles. The van der Waals surface area contributed by atoms with E-state index in [9.17, 15) is 0 Å². The first-order valence-electron chi connectivity index (χ1n) is 9.96. The van der Waals surface area contributed by atoms with Crippen LogP contribution in [0.25, 0.3) is 0 Å². The molecule has 1 saturated heterocycles. The third-order valence-electron chi connectivity index (χ3n) is 4.99. The Morgan fingerprint density at radius 3 is 2.46 bits per heavy atom. The highest BCUT2D eigenvalue weighted by Gasteiger charge is 2.18. The summed E-state index contributed by atoms with van der Waals surface area (Å²) in [4.78, 5) is 2.59. The zero-order chi connectivity index (χ0) is 17.0. The Kier molecular flexibility index (Phi) is 9.22. The number of likely N-dealkylation sites (tertiary alicyclic amines) is 1. The number of unbranched alkanes of at least 4 members (excludes halogenated alkanes) is 3. The molecule has 0 aliphatic carbocycles. The summed E-state index contributed by atoms with van der Waals surface area (Å²) in [5, 5.41) is 3.48. The second kappa shape index (κ2) is 11.5. The van der Waals surface area contributed by atoms with E-state index in [0.29, 0.717) is 0 Å². The van der Waals surface area contributed by atoms with E-state index >= 15 is 0 Å². The molecule has 1 heterocycles. The van der Waals surface area contributed by atoms with Crippen LogP contribution in [-0.2, 0) is 6.54 Å². The van der Waals surface area contributed by atoms with E-state index in [4.69, 9.17) is 4.74 Å². The maximum absolute atomic E-state index is 5.83. The maximum Gasteiger partial charge on any atom is 0.119 e. The first-order chi connectivity index (χ1) is 11.8. The van der Waals surface area contributed by atoms with Crippen molar-refractivity contribution in [2.45, 2.75) is 58.9 Å². The van der Waals surface area contributed by atoms with Gasteiger partial charge in [0.2, 0.25) is 0 Å². The minimum absolute atomic E-state index is 0.846. The summed E-state index contributed by atoms with van der Waals surface area (Å²) < 4.78 is 5.83. The number of ether oxygens (including phenoxy) is 1. The van der Waals surface area contributed by atoms with E-state index in [2.05, 4.69) is 48.3 Å². The number of nitrogens with zero attached hydrogens (tertiary/aromatic N) is 1. The van der Waals surface area contributed by atoms with Crippen molar-refractivity contribution < 1.29 is 4.74 Å². The van der Waals surface area contributed by atoms with E-state index in [-0.39, 0.29) is 0 Å². The molecule has 1 aliphatic rings. The van der Waals surface area contributed by atoms with Crippen molar-refractivity contribution in [3.05, 3.63) is 29.8 Å². The molecule has 0 amide bonds. The van der Waals surface area contributed by atoms with Crippen LogP contribution in [0.4, 0.5) is 0 Å². The molecule has 24 heavy (non-hydrogen) atoms. The van der Waals surface area contributed by atoms with Crippen LogP contribution in [0.15, 0.2) is 24.3 Å². The maximum atomic E-state index is 5.83. The fourth-order valence-electron chi connectivity index (χ4n) is 3.37. The first kappa shape index (κ1) is 19.3. The molecule has 1 N–H and O–H groups in total. The van der Waals surface area contributed by atoms with Gasteiger partial charge in [0.15, 0.2) is 0 Å². The molecule has 0 bridgehead atoms. The van der Waals surface area contributed by atoms with Crippen molar-refractivity contribution in [3.8, 4) is 5.75 Å². The van der Waals surface area contributed by atoms with Crippen molar-refractivity contribution in [1.82, 2.24) is 10.2 Å². The van der Waals surface area contributed by atoms with Gasteiger partial charge in [0, 0.05) is 6.54 Å². The normalized spacial score (nSPS) is 16.4. The van der Waals surface area contributed by atoms with Crippen LogP contribution >= 0.6 is 0 Å². The van der Waals surface area contributed by atoms with E-state index in [0.717, 1.165) is 37.8 Å². The van der Waals surface area contributed by atoms with Gasteiger partial charge in [-0.15, -0.1) is 0 Å². The topological polar surface area (TPSA) is 24.5 Å². The molecule has 0 atom stereocenters. The number of hydrogen-bond donors (Lipinski definition) is 1. The van der Waals surface area contributed by atoms with Crippen LogP contribution < -0.4 is 10.1 Å². The van der Waals surface area contributed by atoms with Crippen molar-refractivity contribution in [2.75, 3.05) is 32.8 Å². The van der Waals surface area contributed by atoms with Crippen LogP contribution in [0.5, 0.6) is 5.75 Å². The molecule has 3 heteroatoms. The molecule has 2 rings (SSSR count). The Morgan fingerprint density at radius 2 is 1.79 bits per heavy atom. The van der Waals surface area contributed by atoms with Crippen LogP contribution in [-0.4, -0.2) is 37.7 Å². The highest BCUT2D eigenvalue weighted by atomic mass is 16.5. The minimum Gasteiger partial charge on any atom is -0.494 e. The fraction of sp³-hybridized carbons (Fsp3) is 0.714. The quantitative estimate of drug-likeness (QED) is 0.605. The van der Waals surface area contributed by atoms with Gasteiger partial charge in [-0.05, 0) is 69.1 Å². The molecule has 1 aliphatic heterocycles. The van der Waals surface area contributed by atoms with Gasteiger partial charge in [-0.1, -0.05) is 45.2 Å². The monoisotopic (exact) mass is 332 g/mol. The van der Waals surface area contributed by atoms with Crippen molar-refractivity contribution in [3.63, 3.8) is 0 Å². The molecule has 136 valence electrons. The summed E-state index contributed by atoms with van der Waals surface area (Å²) >= 11 is 0. The van der Waals surface area contributed by atoms with Gasteiger partial charge in [0.05, 0.1) is 6.61 Å². The average molecular weight is 333 g/mol. The van der Waals surface area contributed by atoms with Crippen LogP contribution in [0.1, 0.15) is 57.9 Å². The molecule has 0 spiro atoms. The van der Waals surface area contributed by atoms with Crippen LogP contribution in [0.2, 0.25) is 0 Å². The molecule has 1 aromatic rings. The van der Waals surface area contributed by atoms with E-state index in [1.54, 1.807) is 0 Å². The standard InChI is InChI=1S/C21H36N2O/c1-3-5-6-7-16-24-21-10-8-20(9-11-21)18-23-14-12-19(13-15-23)17-22-4-2/h8-11,19,22H,3-7,12-18H2,1-2H3. The summed E-state index contributed by atoms with van der Waals surface area (Å²) in [6, 6.07) is 8.72. The Balaban J connectivity index is 1.65. The molecule has 3 nitrogen and oxygen atoms in total. The van der Waals surface area contributed by atoms with Gasteiger partial charge >= 0.3 is 0 Å². The third-order valence-corrected chi connectivity index (χ3v) is 4.99. The number of rotatable bonds is 11. The predicted molar refractivity (Wildman–Crippen MR) is 103 cm³/mol. The van der Waals surface area contributed by atoms with Gasteiger partial charge in [-0.3, -0.25) is 4.90 Å². The number of piperidine rings is 1. The van der Waals surface area contributed by atoms with Gasteiger partial charge in [0.1, 0.15) is 5.75 Å². The molecular weight excluding hydrogens is 296 g/mol. The Bertz CT molecular complexity index is 424. The van der Waals surface area contributed by atoms with Gasteiger partial charge in [0.25, 0.3) is 0 Å². The lowest BCUT2D eigenvalue weighted by Crippen LogP contribution is -2.36. The lowest BCUT2D eigenvalue weighted by molar-refractivity contribution is 0.176. The summed E-state index contributed by atoms with van der Waals surface area (Å²) in [5.74, 6) is 1.88. The van der Waals surface area contributed by atoms with E-state index in [1.807, 2.05) is 0 Å². The molecule has 1 fully saturated rings. The number of benzene rings is 1. The highest BCUT2D eigenvalue weighted by Crippen LogP contribution is 2.20. The molecule has 0 radical (unpaired) electrons. The molecular formula is C21H36N2O. The average Bonchev–Trinajstić information content (AvgIpc) is 2.62. The van der Waals surface area contributed by atoms with Gasteiger partial charge in [-0.2, -0.15) is 0 Å². The zero-order valence-corrected chi connectivity index (χ0v) is 15.7. The molecule has 1 aromatic carbocycles. The SMILES string of the molecule is CCCCCCOc1ccc(CN2CCC(CNCC)CC2)cc1. The van der Waals surface area contributed by atoms with Gasteiger partial charge < -0.3 is 10.1 Å². The fourth-order valence-corrected chi connectivity index (χ4v) is 3.37.